The average Bonchev–Trinajstić information content (AvgIpc) is 2.78. The normalized spacial score (nSPS) is 10.2. The Morgan fingerprint density at radius 3 is 2.94 bits per heavy atom. The molecule has 2 aromatic rings. The number of hydrogen-bond acceptors (Lipinski definition) is 4. The molecule has 1 amide bonds. The van der Waals surface area contributed by atoms with Crippen LogP contribution in [0.15, 0.2) is 35.1 Å². The second kappa shape index (κ2) is 4.88. The monoisotopic (exact) mass is 251 g/mol. The van der Waals surface area contributed by atoms with E-state index in [1.165, 1.54) is 12.3 Å². The van der Waals surface area contributed by atoms with Crippen LogP contribution >= 0.6 is 11.6 Å². The molecule has 0 radical (unpaired) electrons. The van der Waals surface area contributed by atoms with Gasteiger partial charge < -0.3 is 15.6 Å². The van der Waals surface area contributed by atoms with E-state index in [2.05, 4.69) is 15.0 Å². The average molecular weight is 252 g/mol. The molecule has 1 heterocycles. The summed E-state index contributed by atoms with van der Waals surface area (Å²) in [4.78, 5) is 11.8. The first-order valence-electron chi connectivity index (χ1n) is 4.89. The van der Waals surface area contributed by atoms with Gasteiger partial charge in [-0.05, 0) is 18.2 Å². The van der Waals surface area contributed by atoms with Crippen LogP contribution in [-0.4, -0.2) is 11.1 Å². The van der Waals surface area contributed by atoms with Gasteiger partial charge in [-0.3, -0.25) is 4.79 Å². The molecule has 5 nitrogen and oxygen atoms in total. The van der Waals surface area contributed by atoms with Crippen molar-refractivity contribution >= 4 is 23.2 Å². The number of carbonyl (C=O) groups is 1. The highest BCUT2D eigenvalue weighted by atomic mass is 35.5. The van der Waals surface area contributed by atoms with Crippen molar-refractivity contribution in [3.63, 3.8) is 0 Å². The Morgan fingerprint density at radius 1 is 1.47 bits per heavy atom. The Morgan fingerprint density at radius 2 is 2.29 bits per heavy atom. The molecular weight excluding hydrogens is 242 g/mol. The SMILES string of the molecule is Nc1cc(Cl)ccc1C(=O)NCc1ccon1. The van der Waals surface area contributed by atoms with Crippen LogP contribution < -0.4 is 11.1 Å². The summed E-state index contributed by atoms with van der Waals surface area (Å²) in [5.41, 5.74) is 7.07. The Bertz CT molecular complexity index is 526. The van der Waals surface area contributed by atoms with E-state index in [9.17, 15) is 4.79 Å². The maximum Gasteiger partial charge on any atom is 0.253 e. The quantitative estimate of drug-likeness (QED) is 0.816. The number of nitrogens with two attached hydrogens (primary N) is 1. The minimum atomic E-state index is -0.276. The fourth-order valence-corrected chi connectivity index (χ4v) is 1.52. The first-order valence-corrected chi connectivity index (χ1v) is 5.27. The second-order valence-corrected chi connectivity index (χ2v) is 3.84. The van der Waals surface area contributed by atoms with Crippen molar-refractivity contribution in [2.45, 2.75) is 6.54 Å². The number of nitrogens with zero attached hydrogens (tertiary/aromatic N) is 1. The molecule has 2 rings (SSSR count). The lowest BCUT2D eigenvalue weighted by Gasteiger charge is -2.06. The Labute approximate surface area is 103 Å². The molecule has 0 fully saturated rings. The van der Waals surface area contributed by atoms with E-state index in [-0.39, 0.29) is 12.5 Å². The number of rotatable bonds is 3. The van der Waals surface area contributed by atoms with Gasteiger partial charge in [-0.2, -0.15) is 0 Å². The first-order chi connectivity index (χ1) is 8.16. The van der Waals surface area contributed by atoms with Crippen molar-refractivity contribution < 1.29 is 9.32 Å². The molecule has 0 saturated carbocycles. The highest BCUT2D eigenvalue weighted by Crippen LogP contribution is 2.17. The van der Waals surface area contributed by atoms with E-state index in [1.54, 1.807) is 18.2 Å². The van der Waals surface area contributed by atoms with Crippen LogP contribution in [0.4, 0.5) is 5.69 Å². The maximum atomic E-state index is 11.8. The van der Waals surface area contributed by atoms with Crippen molar-refractivity contribution in [3.05, 3.63) is 46.8 Å². The lowest BCUT2D eigenvalue weighted by atomic mass is 10.1. The van der Waals surface area contributed by atoms with E-state index in [0.717, 1.165) is 0 Å². The van der Waals surface area contributed by atoms with Crippen molar-refractivity contribution in [3.8, 4) is 0 Å². The Balaban J connectivity index is 2.04. The minimum absolute atomic E-state index is 0.276. The molecule has 0 aliphatic carbocycles. The predicted octanol–water partition coefficient (Wildman–Crippen LogP) is 1.84. The number of amides is 1. The highest BCUT2D eigenvalue weighted by Gasteiger charge is 2.10. The van der Waals surface area contributed by atoms with Crippen molar-refractivity contribution in [2.75, 3.05) is 5.73 Å². The molecular formula is C11H10ClN3O2. The van der Waals surface area contributed by atoms with Crippen molar-refractivity contribution in [2.24, 2.45) is 0 Å². The Hall–Kier alpha value is -2.01. The third-order valence-electron chi connectivity index (χ3n) is 2.18. The Kier molecular flexibility index (Phi) is 3.30. The molecule has 0 unspecified atom stereocenters. The summed E-state index contributed by atoms with van der Waals surface area (Å²) in [5, 5.41) is 6.85. The number of nitrogens with one attached hydrogen (secondary N) is 1. The van der Waals surface area contributed by atoms with Gasteiger partial charge in [0.25, 0.3) is 5.91 Å². The highest BCUT2D eigenvalue weighted by molar-refractivity contribution is 6.31. The van der Waals surface area contributed by atoms with Gasteiger partial charge >= 0.3 is 0 Å². The van der Waals surface area contributed by atoms with Crippen molar-refractivity contribution in [1.82, 2.24) is 10.5 Å². The standard InChI is InChI=1S/C11H10ClN3O2/c12-7-1-2-9(10(13)5-7)11(16)14-6-8-3-4-17-15-8/h1-5H,6,13H2,(H,14,16). The van der Waals surface area contributed by atoms with E-state index in [0.29, 0.717) is 22.0 Å². The van der Waals surface area contributed by atoms with Crippen LogP contribution in [0, 0.1) is 0 Å². The van der Waals surface area contributed by atoms with Gasteiger partial charge in [0.05, 0.1) is 12.1 Å². The minimum Gasteiger partial charge on any atom is -0.398 e. The zero-order valence-electron chi connectivity index (χ0n) is 8.81. The molecule has 6 heteroatoms. The van der Waals surface area contributed by atoms with Crippen LogP contribution in [0.1, 0.15) is 16.1 Å². The van der Waals surface area contributed by atoms with Gasteiger partial charge in [-0.15, -0.1) is 0 Å². The number of aromatic nitrogens is 1. The number of nitrogen functional groups attached to an aromatic ring is 1. The van der Waals surface area contributed by atoms with Crippen LogP contribution in [-0.2, 0) is 6.54 Å². The summed E-state index contributed by atoms with van der Waals surface area (Å²) < 4.78 is 4.65. The third-order valence-corrected chi connectivity index (χ3v) is 2.41. The van der Waals surface area contributed by atoms with E-state index >= 15 is 0 Å². The van der Waals surface area contributed by atoms with Crippen LogP contribution in [0.3, 0.4) is 0 Å². The topological polar surface area (TPSA) is 81.2 Å². The molecule has 1 aromatic heterocycles. The van der Waals surface area contributed by atoms with Gasteiger partial charge in [0.1, 0.15) is 12.0 Å². The molecule has 0 bridgehead atoms. The lowest BCUT2D eigenvalue weighted by molar-refractivity contribution is 0.0951. The predicted molar refractivity (Wildman–Crippen MR) is 63.5 cm³/mol. The van der Waals surface area contributed by atoms with Crippen molar-refractivity contribution in [1.29, 1.82) is 0 Å². The molecule has 0 aliphatic heterocycles. The van der Waals surface area contributed by atoms with Crippen LogP contribution in [0.5, 0.6) is 0 Å². The molecule has 0 aliphatic rings. The van der Waals surface area contributed by atoms with E-state index in [4.69, 9.17) is 17.3 Å². The van der Waals surface area contributed by atoms with Gasteiger partial charge in [0.2, 0.25) is 0 Å². The van der Waals surface area contributed by atoms with Gasteiger partial charge in [-0.25, -0.2) is 0 Å². The van der Waals surface area contributed by atoms with Gasteiger partial charge in [-0.1, -0.05) is 16.8 Å². The third kappa shape index (κ3) is 2.76. The maximum absolute atomic E-state index is 11.8. The summed E-state index contributed by atoms with van der Waals surface area (Å²) in [6.45, 7) is 0.289. The molecule has 0 saturated heterocycles. The van der Waals surface area contributed by atoms with Gasteiger partial charge in [0.15, 0.2) is 0 Å². The fraction of sp³-hybridized carbons (Fsp3) is 0.0909. The second-order valence-electron chi connectivity index (χ2n) is 3.41. The molecule has 3 N–H and O–H groups in total. The lowest BCUT2D eigenvalue weighted by Crippen LogP contribution is -2.23. The largest absolute Gasteiger partial charge is 0.398 e. The molecule has 88 valence electrons. The molecule has 1 aromatic carbocycles. The zero-order valence-corrected chi connectivity index (χ0v) is 9.57. The van der Waals surface area contributed by atoms with Gasteiger partial charge in [0, 0.05) is 16.8 Å². The fourth-order valence-electron chi connectivity index (χ4n) is 1.34. The number of carbonyl (C=O) groups excluding carboxylic acids is 1. The van der Waals surface area contributed by atoms with E-state index in [1.807, 2.05) is 0 Å². The summed E-state index contributed by atoms with van der Waals surface area (Å²) in [6.07, 6.45) is 1.44. The summed E-state index contributed by atoms with van der Waals surface area (Å²) >= 11 is 5.75. The summed E-state index contributed by atoms with van der Waals surface area (Å²) in [5.74, 6) is -0.276. The van der Waals surface area contributed by atoms with Crippen LogP contribution in [0.25, 0.3) is 0 Å². The number of hydrogen-bond donors (Lipinski definition) is 2. The number of halogens is 1. The van der Waals surface area contributed by atoms with Crippen LogP contribution in [0.2, 0.25) is 5.02 Å². The first kappa shape index (κ1) is 11.5. The smallest absolute Gasteiger partial charge is 0.253 e. The number of benzene rings is 1. The molecule has 17 heavy (non-hydrogen) atoms. The van der Waals surface area contributed by atoms with E-state index < -0.39 is 0 Å². The summed E-state index contributed by atoms with van der Waals surface area (Å²) in [7, 11) is 0. The molecule has 0 spiro atoms. The molecule has 0 atom stereocenters. The number of anilines is 1. The zero-order chi connectivity index (χ0) is 12.3. The summed E-state index contributed by atoms with van der Waals surface area (Å²) in [6, 6.07) is 6.40.